The fraction of sp³-hybridized carbons (Fsp3) is 0.625. The van der Waals surface area contributed by atoms with Gasteiger partial charge in [0.15, 0.2) is 5.65 Å². The molecule has 0 aromatic carbocycles. The van der Waals surface area contributed by atoms with Crippen LogP contribution in [0.5, 0.6) is 0 Å². The van der Waals surface area contributed by atoms with E-state index in [1.807, 2.05) is 16.6 Å². The Balaban J connectivity index is 1.82. The zero-order valence-corrected chi connectivity index (χ0v) is 13.0. The second kappa shape index (κ2) is 6.43. The molecule has 2 aromatic rings. The van der Waals surface area contributed by atoms with Gasteiger partial charge in [0, 0.05) is 18.8 Å². The molecule has 3 rings (SSSR count). The largest absolute Gasteiger partial charge is 0.339 e. The molecule has 114 valence electrons. The molecular weight excluding hydrogens is 262 g/mol. The zero-order chi connectivity index (χ0) is 14.7. The molecule has 1 fully saturated rings. The number of aromatic nitrogens is 3. The Labute approximate surface area is 126 Å². The smallest absolute Gasteiger partial charge is 0.245 e. The summed E-state index contributed by atoms with van der Waals surface area (Å²) in [6.07, 6.45) is 3.70. The first-order valence-electron chi connectivity index (χ1n) is 8.06. The fourth-order valence-corrected chi connectivity index (χ4v) is 3.09. The molecule has 0 saturated carbocycles. The van der Waals surface area contributed by atoms with Gasteiger partial charge in [-0.3, -0.25) is 0 Å². The summed E-state index contributed by atoms with van der Waals surface area (Å²) in [6.45, 7) is 8.64. The molecule has 5 heteroatoms. The third-order valence-electron chi connectivity index (χ3n) is 4.19. The van der Waals surface area contributed by atoms with E-state index in [4.69, 9.17) is 10.1 Å². The van der Waals surface area contributed by atoms with E-state index in [1.165, 1.54) is 12.8 Å². The van der Waals surface area contributed by atoms with Gasteiger partial charge >= 0.3 is 0 Å². The predicted molar refractivity (Wildman–Crippen MR) is 85.8 cm³/mol. The van der Waals surface area contributed by atoms with Gasteiger partial charge in [0.25, 0.3) is 0 Å². The van der Waals surface area contributed by atoms with Gasteiger partial charge in [0.2, 0.25) is 5.95 Å². The second-order valence-electron chi connectivity index (χ2n) is 6.01. The molecule has 1 saturated heterocycles. The average molecular weight is 287 g/mol. The van der Waals surface area contributed by atoms with Crippen LogP contribution < -0.4 is 10.2 Å². The van der Waals surface area contributed by atoms with Crippen LogP contribution in [0.1, 0.15) is 31.9 Å². The molecule has 2 aromatic heterocycles. The van der Waals surface area contributed by atoms with Gasteiger partial charge in [-0.2, -0.15) is 4.98 Å². The van der Waals surface area contributed by atoms with Crippen LogP contribution in [0, 0.1) is 12.8 Å². The first kappa shape index (κ1) is 14.3. The van der Waals surface area contributed by atoms with Crippen molar-refractivity contribution in [2.75, 3.05) is 31.1 Å². The van der Waals surface area contributed by atoms with Crippen LogP contribution in [0.25, 0.3) is 5.65 Å². The summed E-state index contributed by atoms with van der Waals surface area (Å²) >= 11 is 0. The van der Waals surface area contributed by atoms with E-state index in [9.17, 15) is 0 Å². The lowest BCUT2D eigenvalue weighted by Crippen LogP contribution is -2.39. The minimum absolute atomic E-state index is 0.706. The normalized spacial score (nSPS) is 19.0. The molecule has 1 aliphatic heterocycles. The Hall–Kier alpha value is -1.62. The van der Waals surface area contributed by atoms with Gasteiger partial charge in [-0.15, -0.1) is 5.10 Å². The minimum Gasteiger partial charge on any atom is -0.339 e. The monoisotopic (exact) mass is 287 g/mol. The lowest BCUT2D eigenvalue weighted by Gasteiger charge is -2.29. The Morgan fingerprint density at radius 1 is 1.43 bits per heavy atom. The van der Waals surface area contributed by atoms with E-state index < -0.39 is 0 Å². The van der Waals surface area contributed by atoms with Crippen molar-refractivity contribution < 1.29 is 0 Å². The number of nitrogens with one attached hydrogen (secondary N) is 1. The van der Waals surface area contributed by atoms with Crippen LogP contribution in [0.4, 0.5) is 5.95 Å². The molecule has 1 atom stereocenters. The Kier molecular flexibility index (Phi) is 4.39. The molecule has 1 N–H and O–H groups in total. The van der Waals surface area contributed by atoms with Crippen LogP contribution >= 0.6 is 0 Å². The lowest BCUT2D eigenvalue weighted by atomic mass is 9.99. The van der Waals surface area contributed by atoms with Gasteiger partial charge < -0.3 is 10.2 Å². The highest BCUT2D eigenvalue weighted by molar-refractivity contribution is 5.45. The molecule has 1 aliphatic rings. The van der Waals surface area contributed by atoms with E-state index in [1.54, 1.807) is 0 Å². The molecular formula is C16H25N5. The van der Waals surface area contributed by atoms with Crippen molar-refractivity contribution >= 4 is 11.6 Å². The Morgan fingerprint density at radius 3 is 3.05 bits per heavy atom. The summed E-state index contributed by atoms with van der Waals surface area (Å²) in [6, 6.07) is 6.13. The molecule has 0 amide bonds. The average Bonchev–Trinajstić information content (AvgIpc) is 2.93. The van der Waals surface area contributed by atoms with Gasteiger partial charge in [-0.25, -0.2) is 4.52 Å². The maximum Gasteiger partial charge on any atom is 0.245 e. The van der Waals surface area contributed by atoms with Gasteiger partial charge in [0.1, 0.15) is 0 Å². The number of hydrogen-bond acceptors (Lipinski definition) is 4. The highest BCUT2D eigenvalue weighted by atomic mass is 15.4. The fourth-order valence-electron chi connectivity index (χ4n) is 3.09. The molecule has 0 radical (unpaired) electrons. The predicted octanol–water partition coefficient (Wildman–Crippen LogP) is 2.25. The standard InChI is InChI=1S/C16H25N5/c1-3-10-20(12-14-7-5-9-17-11-14)16-18-15-8-4-6-13(2)21(15)19-16/h4,6,8,14,17H,3,5,7,9-12H2,1-2H3. The van der Waals surface area contributed by atoms with Crippen molar-refractivity contribution in [2.45, 2.75) is 33.1 Å². The highest BCUT2D eigenvalue weighted by Crippen LogP contribution is 2.17. The number of fused-ring (bicyclic) bond motifs is 1. The third-order valence-corrected chi connectivity index (χ3v) is 4.19. The molecule has 0 aliphatic carbocycles. The summed E-state index contributed by atoms with van der Waals surface area (Å²) in [7, 11) is 0. The molecule has 3 heterocycles. The number of aryl methyl sites for hydroxylation is 1. The van der Waals surface area contributed by atoms with Crippen molar-refractivity contribution in [3.63, 3.8) is 0 Å². The van der Waals surface area contributed by atoms with E-state index in [-0.39, 0.29) is 0 Å². The molecule has 0 spiro atoms. The first-order chi connectivity index (χ1) is 10.3. The molecule has 5 nitrogen and oxygen atoms in total. The zero-order valence-electron chi connectivity index (χ0n) is 13.0. The number of hydrogen-bond donors (Lipinski definition) is 1. The van der Waals surface area contributed by atoms with E-state index in [0.717, 1.165) is 49.9 Å². The van der Waals surface area contributed by atoms with Gasteiger partial charge in [0.05, 0.1) is 0 Å². The third kappa shape index (κ3) is 3.18. The lowest BCUT2D eigenvalue weighted by molar-refractivity contribution is 0.375. The molecule has 0 bridgehead atoms. The Bertz CT molecular complexity index is 585. The number of anilines is 1. The number of piperidine rings is 1. The summed E-state index contributed by atoms with van der Waals surface area (Å²) in [5.74, 6) is 1.58. The number of pyridine rings is 1. The van der Waals surface area contributed by atoms with Crippen molar-refractivity contribution in [1.82, 2.24) is 19.9 Å². The topological polar surface area (TPSA) is 45.5 Å². The number of nitrogens with zero attached hydrogens (tertiary/aromatic N) is 4. The molecule has 21 heavy (non-hydrogen) atoms. The Morgan fingerprint density at radius 2 is 2.33 bits per heavy atom. The highest BCUT2D eigenvalue weighted by Gasteiger charge is 2.19. The summed E-state index contributed by atoms with van der Waals surface area (Å²) in [4.78, 5) is 7.07. The quantitative estimate of drug-likeness (QED) is 0.916. The summed E-state index contributed by atoms with van der Waals surface area (Å²) in [5.41, 5.74) is 2.06. The minimum atomic E-state index is 0.706. The van der Waals surface area contributed by atoms with Crippen molar-refractivity contribution in [2.24, 2.45) is 5.92 Å². The van der Waals surface area contributed by atoms with Crippen LogP contribution in [0.15, 0.2) is 18.2 Å². The van der Waals surface area contributed by atoms with Crippen LogP contribution in [0.3, 0.4) is 0 Å². The molecule has 1 unspecified atom stereocenters. The maximum atomic E-state index is 4.72. The first-order valence-corrected chi connectivity index (χ1v) is 8.06. The number of rotatable bonds is 5. The van der Waals surface area contributed by atoms with Crippen LogP contribution in [-0.4, -0.2) is 40.8 Å². The van der Waals surface area contributed by atoms with Gasteiger partial charge in [-0.1, -0.05) is 13.0 Å². The van der Waals surface area contributed by atoms with Crippen molar-refractivity contribution in [3.05, 3.63) is 23.9 Å². The van der Waals surface area contributed by atoms with Crippen LogP contribution in [0.2, 0.25) is 0 Å². The van der Waals surface area contributed by atoms with E-state index in [2.05, 4.69) is 30.1 Å². The van der Waals surface area contributed by atoms with Gasteiger partial charge in [-0.05, 0) is 57.3 Å². The van der Waals surface area contributed by atoms with E-state index in [0.29, 0.717) is 5.92 Å². The van der Waals surface area contributed by atoms with E-state index >= 15 is 0 Å². The maximum absolute atomic E-state index is 4.72. The second-order valence-corrected chi connectivity index (χ2v) is 6.01. The summed E-state index contributed by atoms with van der Waals surface area (Å²) in [5, 5.41) is 8.20. The van der Waals surface area contributed by atoms with Crippen molar-refractivity contribution in [3.8, 4) is 0 Å². The summed E-state index contributed by atoms with van der Waals surface area (Å²) < 4.78 is 1.94. The van der Waals surface area contributed by atoms with Crippen LogP contribution in [-0.2, 0) is 0 Å². The SMILES string of the molecule is CCCN(CC1CCCNC1)c1nc2cccc(C)n2n1. The van der Waals surface area contributed by atoms with Crippen molar-refractivity contribution in [1.29, 1.82) is 0 Å².